The second-order valence-electron chi connectivity index (χ2n) is 4.52. The fraction of sp³-hybridized carbons (Fsp3) is 0.467. The van der Waals surface area contributed by atoms with Crippen LogP contribution in [0.1, 0.15) is 36.8 Å². The Morgan fingerprint density at radius 2 is 2.05 bits per heavy atom. The van der Waals surface area contributed by atoms with Crippen LogP contribution in [-0.2, 0) is 11.2 Å². The molecule has 0 bridgehead atoms. The van der Waals surface area contributed by atoms with Gasteiger partial charge in [-0.2, -0.15) is 0 Å². The van der Waals surface area contributed by atoms with Crippen LogP contribution in [-0.4, -0.2) is 30.4 Å². The van der Waals surface area contributed by atoms with Crippen LogP contribution in [0.3, 0.4) is 0 Å². The molecule has 0 aliphatic rings. The normalized spacial score (nSPS) is 12.5. The quantitative estimate of drug-likeness (QED) is 0.749. The van der Waals surface area contributed by atoms with Crippen LogP contribution in [0.2, 0.25) is 0 Å². The van der Waals surface area contributed by atoms with Gasteiger partial charge in [0, 0.05) is 13.5 Å². The minimum absolute atomic E-state index is 0.300. The smallest absolute Gasteiger partial charge is 0.249 e. The predicted molar refractivity (Wildman–Crippen MR) is 76.5 cm³/mol. The maximum absolute atomic E-state index is 5.70. The summed E-state index contributed by atoms with van der Waals surface area (Å²) in [4.78, 5) is 0. The molecule has 0 aliphatic heterocycles. The van der Waals surface area contributed by atoms with Gasteiger partial charge in [0.15, 0.2) is 6.10 Å². The molecule has 1 heterocycles. The van der Waals surface area contributed by atoms with Gasteiger partial charge in [0.05, 0.1) is 0 Å². The van der Waals surface area contributed by atoms with Gasteiger partial charge in [-0.1, -0.05) is 37.3 Å². The summed E-state index contributed by atoms with van der Waals surface area (Å²) in [5, 5.41) is 11.5. The van der Waals surface area contributed by atoms with Crippen LogP contribution in [0.4, 0.5) is 0 Å². The summed E-state index contributed by atoms with van der Waals surface area (Å²) in [6.07, 6.45) is 1.47. The van der Waals surface area contributed by atoms with Gasteiger partial charge in [-0.3, -0.25) is 0 Å². The van der Waals surface area contributed by atoms with Gasteiger partial charge >= 0.3 is 0 Å². The molecule has 2 rings (SSSR count). The second kappa shape index (κ2) is 7.77. The first-order valence-corrected chi connectivity index (χ1v) is 6.96. The van der Waals surface area contributed by atoms with Gasteiger partial charge in [0.25, 0.3) is 0 Å². The Morgan fingerprint density at radius 3 is 2.75 bits per heavy atom. The van der Waals surface area contributed by atoms with Crippen LogP contribution >= 0.6 is 0 Å². The molecule has 2 aromatic rings. The Hall–Kier alpha value is -1.72. The molecule has 1 aromatic heterocycles. The van der Waals surface area contributed by atoms with Crippen molar-refractivity contribution in [3.05, 3.63) is 47.7 Å². The first-order valence-electron chi connectivity index (χ1n) is 6.96. The van der Waals surface area contributed by atoms with Gasteiger partial charge in [-0.15, -0.1) is 10.2 Å². The number of benzene rings is 1. The summed E-state index contributed by atoms with van der Waals surface area (Å²) >= 11 is 0. The van der Waals surface area contributed by atoms with Crippen LogP contribution in [0.5, 0.6) is 0 Å². The van der Waals surface area contributed by atoms with Crippen molar-refractivity contribution >= 4 is 0 Å². The fourth-order valence-corrected chi connectivity index (χ4v) is 2.02. The molecule has 108 valence electrons. The summed E-state index contributed by atoms with van der Waals surface area (Å²) < 4.78 is 11.2. The van der Waals surface area contributed by atoms with E-state index in [1.165, 1.54) is 0 Å². The topological polar surface area (TPSA) is 60.2 Å². The lowest BCUT2D eigenvalue weighted by Gasteiger charge is -2.10. The molecule has 1 N–H and O–H groups in total. The summed E-state index contributed by atoms with van der Waals surface area (Å²) in [6.45, 7) is 4.03. The van der Waals surface area contributed by atoms with Crippen molar-refractivity contribution in [1.29, 1.82) is 0 Å². The number of aromatic nitrogens is 2. The largest absolute Gasteiger partial charge is 0.422 e. The van der Waals surface area contributed by atoms with E-state index >= 15 is 0 Å². The van der Waals surface area contributed by atoms with Crippen molar-refractivity contribution in [2.45, 2.75) is 25.9 Å². The number of rotatable bonds is 8. The average Bonchev–Trinajstić information content (AvgIpc) is 2.94. The third-order valence-electron chi connectivity index (χ3n) is 3.04. The molecule has 0 spiro atoms. The zero-order valence-corrected chi connectivity index (χ0v) is 12.0. The van der Waals surface area contributed by atoms with Gasteiger partial charge in [-0.05, 0) is 25.1 Å². The minimum atomic E-state index is -0.300. The number of hydrogen-bond acceptors (Lipinski definition) is 5. The fourth-order valence-electron chi connectivity index (χ4n) is 2.02. The first-order chi connectivity index (χ1) is 9.85. The number of ether oxygens (including phenoxy) is 1. The second-order valence-corrected chi connectivity index (χ2v) is 4.52. The van der Waals surface area contributed by atoms with Gasteiger partial charge in [0.1, 0.15) is 0 Å². The molecule has 0 aliphatic carbocycles. The minimum Gasteiger partial charge on any atom is -0.422 e. The van der Waals surface area contributed by atoms with Crippen molar-refractivity contribution in [3.8, 4) is 0 Å². The maximum Gasteiger partial charge on any atom is 0.249 e. The van der Waals surface area contributed by atoms with Crippen LogP contribution in [0.15, 0.2) is 34.7 Å². The molecule has 5 nitrogen and oxygen atoms in total. The lowest BCUT2D eigenvalue weighted by atomic mass is 10.1. The maximum atomic E-state index is 5.70. The van der Waals surface area contributed by atoms with E-state index in [9.17, 15) is 0 Å². The Balaban J connectivity index is 1.99. The molecular formula is C15H21N3O2. The molecule has 0 fully saturated rings. The summed E-state index contributed by atoms with van der Waals surface area (Å²) in [6, 6.07) is 9.88. The summed E-state index contributed by atoms with van der Waals surface area (Å²) in [5.74, 6) is 1.17. The van der Waals surface area contributed by atoms with E-state index in [1.54, 1.807) is 7.11 Å². The molecule has 0 saturated heterocycles. The van der Waals surface area contributed by atoms with E-state index in [0.717, 1.165) is 31.5 Å². The number of aryl methyl sites for hydroxylation is 1. The molecule has 1 atom stereocenters. The summed E-state index contributed by atoms with van der Waals surface area (Å²) in [7, 11) is 1.65. The molecule has 0 saturated carbocycles. The standard InChI is InChI=1S/C15H21N3O2/c1-3-16-11-7-10-13-17-18-15(20-13)14(19-2)12-8-5-4-6-9-12/h4-6,8-9,14,16H,3,7,10-11H2,1-2H3. The highest BCUT2D eigenvalue weighted by atomic mass is 16.5. The Labute approximate surface area is 119 Å². The predicted octanol–water partition coefficient (Wildman–Crippen LogP) is 2.35. The molecule has 0 amide bonds. The third-order valence-corrected chi connectivity index (χ3v) is 3.04. The zero-order valence-electron chi connectivity index (χ0n) is 12.0. The highest BCUT2D eigenvalue weighted by Gasteiger charge is 2.19. The molecule has 5 heteroatoms. The zero-order chi connectivity index (χ0) is 14.2. The van der Waals surface area contributed by atoms with Gasteiger partial charge in [-0.25, -0.2) is 0 Å². The number of hydrogen-bond donors (Lipinski definition) is 1. The molecular weight excluding hydrogens is 254 g/mol. The molecule has 20 heavy (non-hydrogen) atoms. The highest BCUT2D eigenvalue weighted by Crippen LogP contribution is 2.24. The van der Waals surface area contributed by atoms with Crippen molar-refractivity contribution < 1.29 is 9.15 Å². The number of nitrogens with zero attached hydrogens (tertiary/aromatic N) is 2. The lowest BCUT2D eigenvalue weighted by molar-refractivity contribution is 0.110. The molecule has 1 aromatic carbocycles. The first kappa shape index (κ1) is 14.7. The highest BCUT2D eigenvalue weighted by molar-refractivity contribution is 5.21. The lowest BCUT2D eigenvalue weighted by Crippen LogP contribution is -2.14. The van der Waals surface area contributed by atoms with E-state index < -0.39 is 0 Å². The number of nitrogens with one attached hydrogen (secondary N) is 1. The van der Waals surface area contributed by atoms with Crippen molar-refractivity contribution in [2.75, 3.05) is 20.2 Å². The van der Waals surface area contributed by atoms with Crippen molar-refractivity contribution in [2.24, 2.45) is 0 Å². The average molecular weight is 275 g/mol. The van der Waals surface area contributed by atoms with Crippen LogP contribution in [0.25, 0.3) is 0 Å². The third kappa shape index (κ3) is 3.88. The number of methoxy groups -OCH3 is 1. The van der Waals surface area contributed by atoms with Gasteiger partial charge < -0.3 is 14.5 Å². The van der Waals surface area contributed by atoms with E-state index in [-0.39, 0.29) is 6.10 Å². The van der Waals surface area contributed by atoms with Crippen LogP contribution in [0, 0.1) is 0 Å². The molecule has 0 radical (unpaired) electrons. The van der Waals surface area contributed by atoms with Crippen molar-refractivity contribution in [1.82, 2.24) is 15.5 Å². The van der Waals surface area contributed by atoms with Crippen molar-refractivity contribution in [3.63, 3.8) is 0 Å². The monoisotopic (exact) mass is 275 g/mol. The van der Waals surface area contributed by atoms with Crippen LogP contribution < -0.4 is 5.32 Å². The van der Waals surface area contributed by atoms with E-state index in [0.29, 0.717) is 11.8 Å². The summed E-state index contributed by atoms with van der Waals surface area (Å²) in [5.41, 5.74) is 1.01. The Bertz CT molecular complexity index is 499. The van der Waals surface area contributed by atoms with E-state index in [4.69, 9.17) is 9.15 Å². The SMILES string of the molecule is CCNCCCc1nnc(C(OC)c2ccccc2)o1. The van der Waals surface area contributed by atoms with E-state index in [2.05, 4.69) is 22.4 Å². The Morgan fingerprint density at radius 1 is 1.25 bits per heavy atom. The molecule has 1 unspecified atom stereocenters. The van der Waals surface area contributed by atoms with E-state index in [1.807, 2.05) is 30.3 Å². The Kier molecular flexibility index (Phi) is 5.70. The van der Waals surface area contributed by atoms with Gasteiger partial charge in [0.2, 0.25) is 11.8 Å².